The Hall–Kier alpha value is -1.86. The molecule has 1 aromatic carbocycles. The first-order chi connectivity index (χ1) is 11.9. The summed E-state index contributed by atoms with van der Waals surface area (Å²) >= 11 is 0. The Balaban J connectivity index is 1.95. The van der Waals surface area contributed by atoms with Crippen molar-refractivity contribution in [2.75, 3.05) is 6.54 Å². The van der Waals surface area contributed by atoms with Crippen LogP contribution in [0, 0.1) is 23.2 Å². The van der Waals surface area contributed by atoms with Crippen LogP contribution in [0.25, 0.3) is 0 Å². The monoisotopic (exact) mass is 341 g/mol. The van der Waals surface area contributed by atoms with E-state index < -0.39 is 5.54 Å². The summed E-state index contributed by atoms with van der Waals surface area (Å²) in [6.07, 6.45) is 4.29. The van der Waals surface area contributed by atoms with E-state index >= 15 is 0 Å². The zero-order valence-corrected chi connectivity index (χ0v) is 15.9. The second-order valence-corrected chi connectivity index (χ2v) is 7.73. The summed E-state index contributed by atoms with van der Waals surface area (Å²) in [5.74, 6) is 0.563. The van der Waals surface area contributed by atoms with Crippen LogP contribution in [0.4, 0.5) is 0 Å². The van der Waals surface area contributed by atoms with E-state index in [0.717, 1.165) is 25.7 Å². The number of hydrogen-bond donors (Lipinski definition) is 2. The molecule has 2 rings (SSSR count). The maximum atomic E-state index is 12.3. The van der Waals surface area contributed by atoms with Gasteiger partial charge >= 0.3 is 0 Å². The number of benzene rings is 1. The molecular formula is C21H31N3O. The Morgan fingerprint density at radius 1 is 1.32 bits per heavy atom. The van der Waals surface area contributed by atoms with Crippen molar-refractivity contribution >= 4 is 5.91 Å². The minimum Gasteiger partial charge on any atom is -0.337 e. The van der Waals surface area contributed by atoms with E-state index in [1.807, 2.05) is 6.92 Å². The van der Waals surface area contributed by atoms with E-state index in [2.05, 4.69) is 61.7 Å². The van der Waals surface area contributed by atoms with Gasteiger partial charge in [-0.15, -0.1) is 0 Å². The first kappa shape index (κ1) is 19.5. The molecule has 1 aliphatic rings. The fourth-order valence-corrected chi connectivity index (χ4v) is 3.34. The van der Waals surface area contributed by atoms with Crippen molar-refractivity contribution in [3.63, 3.8) is 0 Å². The maximum absolute atomic E-state index is 12.3. The van der Waals surface area contributed by atoms with Crippen LogP contribution in [0.5, 0.6) is 0 Å². The second kappa shape index (κ2) is 8.49. The molecule has 0 spiro atoms. The molecule has 0 saturated heterocycles. The first-order valence-corrected chi connectivity index (χ1v) is 9.44. The largest absolute Gasteiger partial charge is 0.337 e. The lowest BCUT2D eigenvalue weighted by atomic mass is 9.94. The number of nitrogens with one attached hydrogen (secondary N) is 2. The van der Waals surface area contributed by atoms with E-state index in [-0.39, 0.29) is 18.5 Å². The topological polar surface area (TPSA) is 64.9 Å². The lowest BCUT2D eigenvalue weighted by Crippen LogP contribution is -2.50. The fourth-order valence-electron chi connectivity index (χ4n) is 3.34. The van der Waals surface area contributed by atoms with Crippen molar-refractivity contribution < 1.29 is 4.79 Å². The Labute approximate surface area is 152 Å². The van der Waals surface area contributed by atoms with Gasteiger partial charge in [0.1, 0.15) is 5.54 Å². The number of hydrogen-bond acceptors (Lipinski definition) is 3. The summed E-state index contributed by atoms with van der Waals surface area (Å²) in [4.78, 5) is 12.3. The molecule has 1 fully saturated rings. The molecular weight excluding hydrogens is 310 g/mol. The van der Waals surface area contributed by atoms with Gasteiger partial charge in [-0.05, 0) is 49.1 Å². The van der Waals surface area contributed by atoms with Crippen LogP contribution in [0.1, 0.15) is 64.1 Å². The van der Waals surface area contributed by atoms with Crippen molar-refractivity contribution in [3.8, 4) is 6.07 Å². The zero-order chi connectivity index (χ0) is 18.4. The molecule has 2 N–H and O–H groups in total. The van der Waals surface area contributed by atoms with Gasteiger partial charge in [-0.25, -0.2) is 0 Å². The summed E-state index contributed by atoms with van der Waals surface area (Å²) in [7, 11) is 0. The van der Waals surface area contributed by atoms with Crippen molar-refractivity contribution in [3.05, 3.63) is 35.4 Å². The molecule has 0 aromatic heterocycles. The minimum atomic E-state index is -0.728. The fraction of sp³-hybridized carbons (Fsp3) is 0.619. The molecule has 1 aliphatic carbocycles. The van der Waals surface area contributed by atoms with E-state index in [9.17, 15) is 10.1 Å². The summed E-state index contributed by atoms with van der Waals surface area (Å²) in [5.41, 5.74) is 1.82. The Kier molecular flexibility index (Phi) is 6.61. The molecule has 1 aromatic rings. The highest BCUT2D eigenvalue weighted by Gasteiger charge is 2.42. The molecule has 0 heterocycles. The molecule has 136 valence electrons. The average Bonchev–Trinajstić information content (AvgIpc) is 3.42. The summed E-state index contributed by atoms with van der Waals surface area (Å²) in [5, 5.41) is 15.7. The molecule has 25 heavy (non-hydrogen) atoms. The normalized spacial score (nSPS) is 17.6. The van der Waals surface area contributed by atoms with Gasteiger partial charge in [0.15, 0.2) is 0 Å². The quantitative estimate of drug-likeness (QED) is 0.719. The molecule has 0 unspecified atom stereocenters. The molecule has 0 bridgehead atoms. The summed E-state index contributed by atoms with van der Waals surface area (Å²) in [6, 6.07) is 11.1. The van der Waals surface area contributed by atoms with E-state index in [1.165, 1.54) is 11.1 Å². The lowest BCUT2D eigenvalue weighted by Gasteiger charge is -2.26. The van der Waals surface area contributed by atoms with Gasteiger partial charge in [0, 0.05) is 6.04 Å². The highest BCUT2D eigenvalue weighted by molar-refractivity contribution is 5.79. The molecule has 0 aliphatic heterocycles. The SMILES string of the molecule is CCCc1ccc([C@H](NCC(=O)N[C@@](C)(C#N)C2CC2)C(C)C)cc1. The van der Waals surface area contributed by atoms with Crippen LogP contribution in [0.15, 0.2) is 24.3 Å². The predicted octanol–water partition coefficient (Wildman–Crippen LogP) is 3.73. The number of amides is 1. The van der Waals surface area contributed by atoms with Crippen LogP contribution in [-0.4, -0.2) is 18.0 Å². The summed E-state index contributed by atoms with van der Waals surface area (Å²) in [6.45, 7) is 8.54. The number of carbonyl (C=O) groups excluding carboxylic acids is 1. The van der Waals surface area contributed by atoms with Gasteiger partial charge in [0.2, 0.25) is 5.91 Å². The van der Waals surface area contributed by atoms with Gasteiger partial charge in [0.25, 0.3) is 0 Å². The van der Waals surface area contributed by atoms with Crippen LogP contribution in [0.2, 0.25) is 0 Å². The van der Waals surface area contributed by atoms with Crippen molar-refractivity contribution in [2.24, 2.45) is 11.8 Å². The van der Waals surface area contributed by atoms with Crippen molar-refractivity contribution in [2.45, 2.75) is 65.0 Å². The Morgan fingerprint density at radius 3 is 2.44 bits per heavy atom. The van der Waals surface area contributed by atoms with Gasteiger partial charge in [-0.2, -0.15) is 5.26 Å². The highest BCUT2D eigenvalue weighted by Crippen LogP contribution is 2.39. The predicted molar refractivity (Wildman–Crippen MR) is 101 cm³/mol. The molecule has 1 amide bonds. The van der Waals surface area contributed by atoms with Crippen LogP contribution in [-0.2, 0) is 11.2 Å². The summed E-state index contributed by atoms with van der Waals surface area (Å²) < 4.78 is 0. The van der Waals surface area contributed by atoms with Crippen LogP contribution < -0.4 is 10.6 Å². The smallest absolute Gasteiger partial charge is 0.235 e. The third kappa shape index (κ3) is 5.31. The Morgan fingerprint density at radius 2 is 1.96 bits per heavy atom. The molecule has 0 radical (unpaired) electrons. The molecule has 4 heteroatoms. The van der Waals surface area contributed by atoms with Gasteiger partial charge in [0.05, 0.1) is 12.6 Å². The maximum Gasteiger partial charge on any atom is 0.235 e. The average molecular weight is 341 g/mol. The lowest BCUT2D eigenvalue weighted by molar-refractivity contribution is -0.121. The number of aryl methyl sites for hydroxylation is 1. The van der Waals surface area contributed by atoms with Gasteiger partial charge < -0.3 is 10.6 Å². The van der Waals surface area contributed by atoms with E-state index in [0.29, 0.717) is 11.8 Å². The standard InChI is InChI=1S/C21H31N3O/c1-5-6-16-7-9-17(10-8-16)20(15(2)3)23-13-19(25)24-21(4,14-22)18-11-12-18/h7-10,15,18,20,23H,5-6,11-13H2,1-4H3,(H,24,25)/t20-,21+/m1/s1. The van der Waals surface area contributed by atoms with E-state index in [1.54, 1.807) is 0 Å². The second-order valence-electron chi connectivity index (χ2n) is 7.73. The number of rotatable bonds is 9. The molecule has 2 atom stereocenters. The Bertz CT molecular complexity index is 613. The van der Waals surface area contributed by atoms with Crippen LogP contribution >= 0.6 is 0 Å². The van der Waals surface area contributed by atoms with Gasteiger partial charge in [-0.3, -0.25) is 4.79 Å². The number of carbonyl (C=O) groups is 1. The third-order valence-corrected chi connectivity index (χ3v) is 5.05. The van der Waals surface area contributed by atoms with Crippen molar-refractivity contribution in [1.82, 2.24) is 10.6 Å². The first-order valence-electron chi connectivity index (χ1n) is 9.44. The van der Waals surface area contributed by atoms with E-state index in [4.69, 9.17) is 0 Å². The van der Waals surface area contributed by atoms with Crippen molar-refractivity contribution in [1.29, 1.82) is 5.26 Å². The highest BCUT2D eigenvalue weighted by atomic mass is 16.2. The third-order valence-electron chi connectivity index (χ3n) is 5.05. The van der Waals surface area contributed by atoms with Gasteiger partial charge in [-0.1, -0.05) is 51.5 Å². The minimum absolute atomic E-state index is 0.107. The van der Waals surface area contributed by atoms with Crippen LogP contribution in [0.3, 0.4) is 0 Å². The number of nitrogens with zero attached hydrogens (tertiary/aromatic N) is 1. The molecule has 1 saturated carbocycles. The number of nitriles is 1. The zero-order valence-electron chi connectivity index (χ0n) is 15.9. The molecule has 4 nitrogen and oxygen atoms in total.